The summed E-state index contributed by atoms with van der Waals surface area (Å²) in [4.78, 5) is 11.3. The summed E-state index contributed by atoms with van der Waals surface area (Å²) in [5.74, 6) is 1.13. The molecular weight excluding hydrogens is 148 g/mol. The zero-order valence-electron chi connectivity index (χ0n) is 8.05. The fourth-order valence-electron chi connectivity index (χ4n) is 1.78. The van der Waals surface area contributed by atoms with Gasteiger partial charge < -0.3 is 0 Å². The molecule has 0 saturated heterocycles. The molecule has 0 fully saturated rings. The van der Waals surface area contributed by atoms with Crippen LogP contribution in [0.2, 0.25) is 0 Å². The maximum atomic E-state index is 11.3. The van der Waals surface area contributed by atoms with Gasteiger partial charge in [0.2, 0.25) is 0 Å². The third-order valence-corrected chi connectivity index (χ3v) is 2.68. The highest BCUT2D eigenvalue weighted by Gasteiger charge is 2.25. The van der Waals surface area contributed by atoms with Gasteiger partial charge in [0.05, 0.1) is 0 Å². The number of unbranched alkanes of at least 4 members (excludes halogenated alkanes) is 2. The Balaban J connectivity index is 2.28. The molecule has 0 N–H and O–H groups in total. The van der Waals surface area contributed by atoms with Crippen molar-refractivity contribution in [1.29, 1.82) is 0 Å². The van der Waals surface area contributed by atoms with E-state index in [9.17, 15) is 4.79 Å². The van der Waals surface area contributed by atoms with Crippen molar-refractivity contribution in [3.8, 4) is 0 Å². The Morgan fingerprint density at radius 3 is 2.67 bits per heavy atom. The van der Waals surface area contributed by atoms with Gasteiger partial charge in [0.25, 0.3) is 0 Å². The molecule has 12 heavy (non-hydrogen) atoms. The summed E-state index contributed by atoms with van der Waals surface area (Å²) in [6.07, 6.45) is 8.58. The standard InChI is InChI=1S/C11H18O/c1-3-4-5-6-10-9(2)7-8-11(10)12/h7-10H,3-6H2,1-2H3/t9-,10-/m1/s1. The summed E-state index contributed by atoms with van der Waals surface area (Å²) < 4.78 is 0. The van der Waals surface area contributed by atoms with Crippen LogP contribution < -0.4 is 0 Å². The third-order valence-electron chi connectivity index (χ3n) is 2.68. The topological polar surface area (TPSA) is 17.1 Å². The maximum absolute atomic E-state index is 11.3. The van der Waals surface area contributed by atoms with E-state index < -0.39 is 0 Å². The predicted molar refractivity (Wildman–Crippen MR) is 50.9 cm³/mol. The average molecular weight is 166 g/mol. The van der Waals surface area contributed by atoms with E-state index in [1.54, 1.807) is 6.08 Å². The van der Waals surface area contributed by atoms with E-state index in [4.69, 9.17) is 0 Å². The second-order valence-electron chi connectivity index (χ2n) is 3.72. The zero-order valence-corrected chi connectivity index (χ0v) is 8.05. The van der Waals surface area contributed by atoms with Crippen molar-refractivity contribution in [2.45, 2.75) is 39.5 Å². The van der Waals surface area contributed by atoms with Crippen LogP contribution in [0.5, 0.6) is 0 Å². The summed E-state index contributed by atoms with van der Waals surface area (Å²) in [6.45, 7) is 4.33. The molecule has 1 aliphatic rings. The number of hydrogen-bond donors (Lipinski definition) is 0. The van der Waals surface area contributed by atoms with E-state index in [0.717, 1.165) is 6.42 Å². The van der Waals surface area contributed by atoms with Gasteiger partial charge in [-0.05, 0) is 18.4 Å². The van der Waals surface area contributed by atoms with Crippen LogP contribution >= 0.6 is 0 Å². The molecule has 0 bridgehead atoms. The van der Waals surface area contributed by atoms with Crippen molar-refractivity contribution in [2.24, 2.45) is 11.8 Å². The van der Waals surface area contributed by atoms with Gasteiger partial charge in [-0.3, -0.25) is 4.79 Å². The molecule has 0 aliphatic heterocycles. The summed E-state index contributed by atoms with van der Waals surface area (Å²) in [6, 6.07) is 0. The Bertz CT molecular complexity index is 181. The Morgan fingerprint density at radius 2 is 2.17 bits per heavy atom. The molecule has 0 unspecified atom stereocenters. The normalized spacial score (nSPS) is 28.3. The lowest BCUT2D eigenvalue weighted by Gasteiger charge is -2.12. The minimum Gasteiger partial charge on any atom is -0.295 e. The molecule has 0 aromatic rings. The molecule has 1 rings (SSSR count). The quantitative estimate of drug-likeness (QED) is 0.587. The van der Waals surface area contributed by atoms with Crippen LogP contribution in [-0.2, 0) is 4.79 Å². The molecule has 0 aromatic carbocycles. The largest absolute Gasteiger partial charge is 0.295 e. The SMILES string of the molecule is CCCCC[C@H]1C(=O)C=C[C@H]1C. The number of carbonyl (C=O) groups is 1. The summed E-state index contributed by atoms with van der Waals surface area (Å²) >= 11 is 0. The Morgan fingerprint density at radius 1 is 1.42 bits per heavy atom. The van der Waals surface area contributed by atoms with E-state index >= 15 is 0 Å². The van der Waals surface area contributed by atoms with Gasteiger partial charge in [0.15, 0.2) is 5.78 Å². The van der Waals surface area contributed by atoms with E-state index in [-0.39, 0.29) is 0 Å². The highest BCUT2D eigenvalue weighted by Crippen LogP contribution is 2.26. The minimum absolute atomic E-state index is 0.302. The smallest absolute Gasteiger partial charge is 0.159 e. The van der Waals surface area contributed by atoms with Gasteiger partial charge >= 0.3 is 0 Å². The monoisotopic (exact) mass is 166 g/mol. The molecule has 2 atom stereocenters. The van der Waals surface area contributed by atoms with Crippen molar-refractivity contribution in [3.05, 3.63) is 12.2 Å². The lowest BCUT2D eigenvalue weighted by molar-refractivity contribution is -0.118. The highest BCUT2D eigenvalue weighted by atomic mass is 16.1. The average Bonchev–Trinajstić information content (AvgIpc) is 2.35. The predicted octanol–water partition coefficient (Wildman–Crippen LogP) is 2.96. The van der Waals surface area contributed by atoms with Crippen LogP contribution in [0.4, 0.5) is 0 Å². The number of allylic oxidation sites excluding steroid dienone is 2. The lowest BCUT2D eigenvalue weighted by atomic mass is 9.91. The molecular formula is C11H18O. The zero-order chi connectivity index (χ0) is 8.97. The lowest BCUT2D eigenvalue weighted by Crippen LogP contribution is -2.13. The van der Waals surface area contributed by atoms with Crippen LogP contribution in [0.25, 0.3) is 0 Å². The van der Waals surface area contributed by atoms with E-state index in [2.05, 4.69) is 13.8 Å². The van der Waals surface area contributed by atoms with E-state index in [1.165, 1.54) is 19.3 Å². The Hall–Kier alpha value is -0.590. The highest BCUT2D eigenvalue weighted by molar-refractivity contribution is 5.94. The van der Waals surface area contributed by atoms with Crippen molar-refractivity contribution in [1.82, 2.24) is 0 Å². The second kappa shape index (κ2) is 4.44. The Labute approximate surface area is 74.9 Å². The summed E-state index contributed by atoms with van der Waals surface area (Å²) in [7, 11) is 0. The van der Waals surface area contributed by atoms with Crippen LogP contribution in [-0.4, -0.2) is 5.78 Å². The van der Waals surface area contributed by atoms with Gasteiger partial charge in [-0.1, -0.05) is 39.2 Å². The molecule has 0 heterocycles. The molecule has 0 spiro atoms. The number of rotatable bonds is 4. The first-order valence-electron chi connectivity index (χ1n) is 4.97. The molecule has 1 nitrogen and oxygen atoms in total. The van der Waals surface area contributed by atoms with Gasteiger partial charge in [-0.15, -0.1) is 0 Å². The molecule has 0 radical (unpaired) electrons. The summed E-state index contributed by atoms with van der Waals surface area (Å²) in [5.41, 5.74) is 0. The van der Waals surface area contributed by atoms with Crippen LogP contribution in [0, 0.1) is 11.8 Å². The molecule has 0 aromatic heterocycles. The first kappa shape index (κ1) is 9.50. The van der Waals surface area contributed by atoms with Crippen LogP contribution in [0.3, 0.4) is 0 Å². The number of ketones is 1. The molecule has 0 amide bonds. The van der Waals surface area contributed by atoms with Gasteiger partial charge in [-0.25, -0.2) is 0 Å². The molecule has 1 aliphatic carbocycles. The van der Waals surface area contributed by atoms with E-state index in [1.807, 2.05) is 6.08 Å². The fourth-order valence-corrected chi connectivity index (χ4v) is 1.78. The van der Waals surface area contributed by atoms with Crippen LogP contribution in [0.15, 0.2) is 12.2 Å². The van der Waals surface area contributed by atoms with Crippen molar-refractivity contribution in [2.75, 3.05) is 0 Å². The molecule has 68 valence electrons. The van der Waals surface area contributed by atoms with Gasteiger partial charge in [0.1, 0.15) is 0 Å². The molecule has 1 heteroatoms. The summed E-state index contributed by atoms with van der Waals surface area (Å²) in [5, 5.41) is 0. The van der Waals surface area contributed by atoms with Crippen molar-refractivity contribution >= 4 is 5.78 Å². The van der Waals surface area contributed by atoms with Crippen LogP contribution in [0.1, 0.15) is 39.5 Å². The van der Waals surface area contributed by atoms with Gasteiger partial charge in [0, 0.05) is 5.92 Å². The number of carbonyl (C=O) groups excluding carboxylic acids is 1. The first-order chi connectivity index (χ1) is 5.75. The fraction of sp³-hybridized carbons (Fsp3) is 0.727. The van der Waals surface area contributed by atoms with Crippen molar-refractivity contribution < 1.29 is 4.79 Å². The molecule has 0 saturated carbocycles. The van der Waals surface area contributed by atoms with Gasteiger partial charge in [-0.2, -0.15) is 0 Å². The minimum atomic E-state index is 0.302. The third kappa shape index (κ3) is 2.20. The Kier molecular flexibility index (Phi) is 3.51. The van der Waals surface area contributed by atoms with E-state index in [0.29, 0.717) is 17.6 Å². The maximum Gasteiger partial charge on any atom is 0.159 e. The first-order valence-corrected chi connectivity index (χ1v) is 4.97. The second-order valence-corrected chi connectivity index (χ2v) is 3.72. The van der Waals surface area contributed by atoms with Crippen molar-refractivity contribution in [3.63, 3.8) is 0 Å². The number of hydrogen-bond acceptors (Lipinski definition) is 1.